The Morgan fingerprint density at radius 1 is 0.370 bits per heavy atom. The highest BCUT2D eigenvalue weighted by Crippen LogP contribution is 2.17. The summed E-state index contributed by atoms with van der Waals surface area (Å²) < 4.78 is 0. The molecule has 1 heterocycles. The largest absolute Gasteiger partial charge is 0.325 e. The van der Waals surface area contributed by atoms with Crippen LogP contribution >= 0.6 is 0 Å². The zero-order valence-electron chi connectivity index (χ0n) is 32.1. The van der Waals surface area contributed by atoms with Crippen LogP contribution in [0.5, 0.6) is 0 Å². The summed E-state index contributed by atoms with van der Waals surface area (Å²) in [5.41, 5.74) is 0. The Bertz CT molecular complexity index is 564. The minimum absolute atomic E-state index is 0.351. The van der Waals surface area contributed by atoms with Crippen LogP contribution in [0.1, 0.15) is 245 Å². The van der Waals surface area contributed by atoms with E-state index >= 15 is 0 Å². The average Bonchev–Trinajstić information content (AvgIpc) is 3.36. The van der Waals surface area contributed by atoms with Gasteiger partial charge in [0.15, 0.2) is 0 Å². The van der Waals surface area contributed by atoms with Crippen molar-refractivity contribution in [1.29, 1.82) is 0 Å². The molecule has 0 aromatic heterocycles. The predicted molar refractivity (Wildman–Crippen MR) is 206 cm³/mol. The molecule has 2 amide bonds. The molecule has 274 valence electrons. The summed E-state index contributed by atoms with van der Waals surface area (Å²) in [4.78, 5) is 17.9. The molecule has 0 aliphatic carbocycles. The molecule has 0 aromatic rings. The van der Waals surface area contributed by atoms with Crippen molar-refractivity contribution in [1.82, 2.24) is 9.80 Å². The van der Waals surface area contributed by atoms with Gasteiger partial charge in [0, 0.05) is 26.2 Å². The van der Waals surface area contributed by atoms with Crippen molar-refractivity contribution < 1.29 is 4.79 Å². The second-order valence-electron chi connectivity index (χ2n) is 15.3. The first-order chi connectivity index (χ1) is 22.8. The number of urea groups is 1. The van der Waals surface area contributed by atoms with Gasteiger partial charge in [-0.15, -0.1) is 0 Å². The maximum atomic E-state index is 13.5. The van der Waals surface area contributed by atoms with Crippen LogP contribution in [0.25, 0.3) is 0 Å². The number of hydrogen-bond acceptors (Lipinski definition) is 1. The van der Waals surface area contributed by atoms with E-state index in [1.807, 2.05) is 0 Å². The van der Waals surface area contributed by atoms with Crippen molar-refractivity contribution >= 4 is 6.03 Å². The van der Waals surface area contributed by atoms with Crippen LogP contribution in [0.3, 0.4) is 0 Å². The third-order valence-corrected chi connectivity index (χ3v) is 10.7. The monoisotopic (exact) mass is 647 g/mol. The van der Waals surface area contributed by atoms with Crippen molar-refractivity contribution in [3.63, 3.8) is 0 Å². The van der Waals surface area contributed by atoms with Crippen molar-refractivity contribution in [2.24, 2.45) is 0 Å². The smallest absolute Gasteiger partial charge is 0.319 e. The fraction of sp³-hybridized carbons (Fsp3) is 0.977. The van der Waals surface area contributed by atoms with E-state index in [9.17, 15) is 4.79 Å². The maximum absolute atomic E-state index is 13.5. The highest BCUT2D eigenvalue weighted by Gasteiger charge is 2.21. The molecule has 0 aromatic carbocycles. The first-order valence-corrected chi connectivity index (χ1v) is 21.8. The highest BCUT2D eigenvalue weighted by atomic mass is 16.2. The lowest BCUT2D eigenvalue weighted by Crippen LogP contribution is -2.44. The summed E-state index contributed by atoms with van der Waals surface area (Å²) in [5, 5.41) is 0. The first-order valence-electron chi connectivity index (χ1n) is 21.8. The van der Waals surface area contributed by atoms with Crippen LogP contribution in [-0.4, -0.2) is 42.0 Å². The van der Waals surface area contributed by atoms with Crippen molar-refractivity contribution in [2.45, 2.75) is 245 Å². The van der Waals surface area contributed by atoms with Crippen LogP contribution in [0.15, 0.2) is 0 Å². The second-order valence-corrected chi connectivity index (χ2v) is 15.3. The molecule has 0 bridgehead atoms. The summed E-state index contributed by atoms with van der Waals surface area (Å²) in [5.74, 6) is 0. The quantitative estimate of drug-likeness (QED) is 0.0638. The summed E-state index contributed by atoms with van der Waals surface area (Å²) in [6.45, 7) is 8.52. The predicted octanol–water partition coefficient (Wildman–Crippen LogP) is 14.8. The van der Waals surface area contributed by atoms with Gasteiger partial charge in [-0.05, 0) is 25.7 Å². The van der Waals surface area contributed by atoms with Gasteiger partial charge in [0.2, 0.25) is 0 Å². The van der Waals surface area contributed by atoms with Crippen LogP contribution < -0.4 is 0 Å². The number of likely N-dealkylation sites (tertiary alicyclic amines) is 1. The third-order valence-electron chi connectivity index (χ3n) is 10.7. The Kier molecular flexibility index (Phi) is 33.5. The molecule has 0 atom stereocenters. The van der Waals surface area contributed by atoms with Gasteiger partial charge in [-0.25, -0.2) is 4.79 Å². The van der Waals surface area contributed by atoms with Gasteiger partial charge in [0.1, 0.15) is 0 Å². The Hall–Kier alpha value is -0.730. The summed E-state index contributed by atoms with van der Waals surface area (Å²) in [7, 11) is 0. The number of nitrogens with zero attached hydrogens (tertiary/aromatic N) is 2. The number of rotatable bonds is 34. The van der Waals surface area contributed by atoms with E-state index in [1.54, 1.807) is 0 Å². The number of amides is 2. The van der Waals surface area contributed by atoms with Crippen LogP contribution in [-0.2, 0) is 0 Å². The van der Waals surface area contributed by atoms with E-state index in [2.05, 4.69) is 23.6 Å². The summed E-state index contributed by atoms with van der Waals surface area (Å²) in [6, 6.07) is 0.351. The van der Waals surface area contributed by atoms with Gasteiger partial charge < -0.3 is 9.80 Å². The van der Waals surface area contributed by atoms with Crippen LogP contribution in [0.4, 0.5) is 4.79 Å². The fourth-order valence-corrected chi connectivity index (χ4v) is 7.47. The van der Waals surface area contributed by atoms with Gasteiger partial charge in [-0.3, -0.25) is 0 Å². The van der Waals surface area contributed by atoms with E-state index in [0.717, 1.165) is 26.2 Å². The Labute approximate surface area is 291 Å². The SMILES string of the molecule is CCCCCCCCCCCCCCCCCCN(CCCCCCCCCCCCCCCCCC)C(=O)N1CCCCCC1. The van der Waals surface area contributed by atoms with Gasteiger partial charge in [-0.2, -0.15) is 0 Å². The van der Waals surface area contributed by atoms with Crippen LogP contribution in [0, 0.1) is 0 Å². The van der Waals surface area contributed by atoms with E-state index in [4.69, 9.17) is 0 Å². The molecule has 0 spiro atoms. The van der Waals surface area contributed by atoms with Gasteiger partial charge in [-0.1, -0.05) is 219 Å². The topological polar surface area (TPSA) is 23.6 Å². The fourth-order valence-electron chi connectivity index (χ4n) is 7.47. The zero-order chi connectivity index (χ0) is 33.0. The van der Waals surface area contributed by atoms with Gasteiger partial charge in [0.05, 0.1) is 0 Å². The van der Waals surface area contributed by atoms with Gasteiger partial charge in [0.25, 0.3) is 0 Å². The molecule has 3 heteroatoms. The standard InChI is InChI=1S/C43H86N2O/c1-3-5-7-9-11-13-15-17-19-21-23-25-27-29-31-35-39-44(43(46)45-41-37-33-34-38-42-45)40-36-32-30-28-26-24-22-20-18-16-14-12-10-8-6-4-2/h3-42H2,1-2H3. The minimum Gasteiger partial charge on any atom is -0.325 e. The van der Waals surface area contributed by atoms with E-state index < -0.39 is 0 Å². The molecule has 0 saturated carbocycles. The Balaban J connectivity index is 2.07. The summed E-state index contributed by atoms with van der Waals surface area (Å²) in [6.07, 6.45) is 49.9. The molecule has 0 radical (unpaired) electrons. The molecule has 1 fully saturated rings. The molecule has 1 rings (SSSR count). The first kappa shape index (κ1) is 43.3. The Morgan fingerprint density at radius 3 is 0.870 bits per heavy atom. The second kappa shape index (κ2) is 35.6. The molecular weight excluding hydrogens is 560 g/mol. The van der Waals surface area contributed by atoms with Crippen molar-refractivity contribution in [3.05, 3.63) is 0 Å². The lowest BCUT2D eigenvalue weighted by atomic mass is 10.0. The molecule has 0 unspecified atom stereocenters. The van der Waals surface area contributed by atoms with Crippen molar-refractivity contribution in [2.75, 3.05) is 26.2 Å². The highest BCUT2D eigenvalue weighted by molar-refractivity contribution is 5.74. The summed E-state index contributed by atoms with van der Waals surface area (Å²) >= 11 is 0. The number of carbonyl (C=O) groups excluding carboxylic acids is 1. The molecule has 3 nitrogen and oxygen atoms in total. The third kappa shape index (κ3) is 28.3. The molecule has 1 aliphatic heterocycles. The van der Waals surface area contributed by atoms with Gasteiger partial charge >= 0.3 is 6.03 Å². The Morgan fingerprint density at radius 2 is 0.609 bits per heavy atom. The van der Waals surface area contributed by atoms with E-state index in [0.29, 0.717) is 6.03 Å². The number of carbonyl (C=O) groups is 1. The van der Waals surface area contributed by atoms with E-state index in [1.165, 1.54) is 231 Å². The lowest BCUT2D eigenvalue weighted by molar-refractivity contribution is 0.152. The maximum Gasteiger partial charge on any atom is 0.319 e. The minimum atomic E-state index is 0.351. The molecule has 0 N–H and O–H groups in total. The molecule has 1 saturated heterocycles. The molecule has 46 heavy (non-hydrogen) atoms. The number of unbranched alkanes of at least 4 members (excludes halogenated alkanes) is 30. The van der Waals surface area contributed by atoms with E-state index in [-0.39, 0.29) is 0 Å². The molecule has 1 aliphatic rings. The lowest BCUT2D eigenvalue weighted by Gasteiger charge is -2.30. The average molecular weight is 647 g/mol. The zero-order valence-corrected chi connectivity index (χ0v) is 32.1. The molecular formula is C43H86N2O. The van der Waals surface area contributed by atoms with Crippen LogP contribution in [0.2, 0.25) is 0 Å². The number of hydrogen-bond donors (Lipinski definition) is 0. The normalized spacial score (nSPS) is 13.7. The van der Waals surface area contributed by atoms with Crippen molar-refractivity contribution in [3.8, 4) is 0 Å².